The molecule has 0 amide bonds. The highest BCUT2D eigenvalue weighted by molar-refractivity contribution is 5.85. The molecule has 0 bridgehead atoms. The third-order valence-electron chi connectivity index (χ3n) is 7.01. The lowest BCUT2D eigenvalue weighted by Crippen LogP contribution is -2.34. The molecule has 2 aromatic carbocycles. The number of aliphatic carboxylic acids is 1. The molecule has 1 saturated carbocycles. The molecule has 0 saturated heterocycles. The Morgan fingerprint density at radius 2 is 1.50 bits per heavy atom. The van der Waals surface area contributed by atoms with Crippen molar-refractivity contribution >= 4 is 12.0 Å². The zero-order chi connectivity index (χ0) is 20.2. The number of carboxylic acid groups (broad SMARTS) is 1. The molecular weight excluding hydrogens is 344 g/mol. The normalized spacial score (nSPS) is 21.3. The van der Waals surface area contributed by atoms with Crippen LogP contribution in [0.4, 0.5) is 0 Å². The van der Waals surface area contributed by atoms with Gasteiger partial charge in [-0.2, -0.15) is 0 Å². The fourth-order valence-corrected chi connectivity index (χ4v) is 4.86. The average Bonchev–Trinajstić information content (AvgIpc) is 3.46. The molecule has 146 valence electrons. The molecule has 0 heterocycles. The van der Waals surface area contributed by atoms with Crippen molar-refractivity contribution in [3.63, 3.8) is 0 Å². The predicted molar refractivity (Wildman–Crippen MR) is 115 cm³/mol. The Labute approximate surface area is 168 Å². The van der Waals surface area contributed by atoms with E-state index in [1.165, 1.54) is 41.2 Å². The van der Waals surface area contributed by atoms with Crippen LogP contribution < -0.4 is 0 Å². The van der Waals surface area contributed by atoms with Crippen LogP contribution in [0.25, 0.3) is 6.08 Å². The van der Waals surface area contributed by atoms with Gasteiger partial charge in [-0.05, 0) is 70.4 Å². The zero-order valence-corrected chi connectivity index (χ0v) is 17.4. The van der Waals surface area contributed by atoms with Gasteiger partial charge in [0.1, 0.15) is 0 Å². The van der Waals surface area contributed by atoms with E-state index >= 15 is 0 Å². The van der Waals surface area contributed by atoms with Crippen LogP contribution in [-0.2, 0) is 21.0 Å². The molecule has 0 radical (unpaired) electrons. The van der Waals surface area contributed by atoms with Gasteiger partial charge in [0.05, 0.1) is 0 Å². The summed E-state index contributed by atoms with van der Waals surface area (Å²) in [5.41, 5.74) is 7.20. The SMILES string of the molecule is CC1(C)CCC(C)(C)c2cc(C3(c4cccc(C=CC(=O)O)c4)CC3)ccc21. The first-order chi connectivity index (χ1) is 13.1. The van der Waals surface area contributed by atoms with Gasteiger partial charge in [0.25, 0.3) is 0 Å². The molecule has 0 spiro atoms. The highest BCUT2D eigenvalue weighted by Gasteiger charge is 2.47. The third kappa shape index (κ3) is 3.19. The van der Waals surface area contributed by atoms with E-state index < -0.39 is 5.97 Å². The molecule has 4 rings (SSSR count). The van der Waals surface area contributed by atoms with Crippen LogP contribution in [0.2, 0.25) is 0 Å². The molecule has 2 heteroatoms. The van der Waals surface area contributed by atoms with E-state index in [1.807, 2.05) is 12.1 Å². The Kier molecular flexibility index (Phi) is 4.30. The molecule has 2 aliphatic rings. The van der Waals surface area contributed by atoms with Crippen molar-refractivity contribution in [2.75, 3.05) is 0 Å². The summed E-state index contributed by atoms with van der Waals surface area (Å²) in [6.07, 6.45) is 7.65. The van der Waals surface area contributed by atoms with Gasteiger partial charge in [-0.15, -0.1) is 0 Å². The average molecular weight is 375 g/mol. The topological polar surface area (TPSA) is 37.3 Å². The van der Waals surface area contributed by atoms with Crippen molar-refractivity contribution in [2.24, 2.45) is 0 Å². The number of benzene rings is 2. The molecule has 1 fully saturated rings. The summed E-state index contributed by atoms with van der Waals surface area (Å²) >= 11 is 0. The minimum Gasteiger partial charge on any atom is -0.478 e. The Morgan fingerprint density at radius 1 is 0.857 bits per heavy atom. The van der Waals surface area contributed by atoms with Gasteiger partial charge in [0.2, 0.25) is 0 Å². The molecule has 0 aromatic heterocycles. The molecular formula is C26H30O2. The van der Waals surface area contributed by atoms with Crippen LogP contribution in [0.15, 0.2) is 48.5 Å². The van der Waals surface area contributed by atoms with E-state index in [-0.39, 0.29) is 16.2 Å². The van der Waals surface area contributed by atoms with Gasteiger partial charge < -0.3 is 5.11 Å². The van der Waals surface area contributed by atoms with Gasteiger partial charge in [0.15, 0.2) is 0 Å². The molecule has 0 atom stereocenters. The van der Waals surface area contributed by atoms with Crippen molar-refractivity contribution in [3.8, 4) is 0 Å². The highest BCUT2D eigenvalue weighted by atomic mass is 16.4. The van der Waals surface area contributed by atoms with Crippen LogP contribution in [-0.4, -0.2) is 11.1 Å². The number of carboxylic acids is 1. The number of hydrogen-bond acceptors (Lipinski definition) is 1. The number of hydrogen-bond donors (Lipinski definition) is 1. The van der Waals surface area contributed by atoms with E-state index in [9.17, 15) is 4.79 Å². The second kappa shape index (κ2) is 6.34. The van der Waals surface area contributed by atoms with E-state index in [2.05, 4.69) is 58.0 Å². The Bertz CT molecular complexity index is 958. The van der Waals surface area contributed by atoms with Gasteiger partial charge in [-0.3, -0.25) is 0 Å². The standard InChI is InChI=1S/C26H30O2/c1-24(2)12-13-25(3,4)22-17-20(9-10-21(22)24)26(14-15-26)19-7-5-6-18(16-19)8-11-23(27)28/h5-11,16-17H,12-15H2,1-4H3,(H,27,28). The Hall–Kier alpha value is -2.35. The van der Waals surface area contributed by atoms with Gasteiger partial charge in [0, 0.05) is 11.5 Å². The maximum Gasteiger partial charge on any atom is 0.328 e. The zero-order valence-electron chi connectivity index (χ0n) is 17.4. The summed E-state index contributed by atoms with van der Waals surface area (Å²) in [4.78, 5) is 10.9. The summed E-state index contributed by atoms with van der Waals surface area (Å²) in [5, 5.41) is 8.91. The van der Waals surface area contributed by atoms with Gasteiger partial charge in [-0.25, -0.2) is 4.79 Å². The van der Waals surface area contributed by atoms with Crippen LogP contribution in [0, 0.1) is 0 Å². The number of rotatable bonds is 4. The number of carbonyl (C=O) groups is 1. The quantitative estimate of drug-likeness (QED) is 0.646. The highest BCUT2D eigenvalue weighted by Crippen LogP contribution is 2.55. The monoisotopic (exact) mass is 374 g/mol. The summed E-state index contributed by atoms with van der Waals surface area (Å²) < 4.78 is 0. The lowest BCUT2D eigenvalue weighted by atomic mass is 9.62. The number of fused-ring (bicyclic) bond motifs is 1. The van der Waals surface area contributed by atoms with Gasteiger partial charge in [-0.1, -0.05) is 70.2 Å². The molecule has 2 aliphatic carbocycles. The molecule has 2 nitrogen and oxygen atoms in total. The van der Waals surface area contributed by atoms with E-state index in [4.69, 9.17) is 5.11 Å². The summed E-state index contributed by atoms with van der Waals surface area (Å²) in [5.74, 6) is -0.911. The third-order valence-corrected chi connectivity index (χ3v) is 7.01. The summed E-state index contributed by atoms with van der Waals surface area (Å²) in [6, 6.07) is 15.6. The fourth-order valence-electron chi connectivity index (χ4n) is 4.86. The van der Waals surface area contributed by atoms with Crippen molar-refractivity contribution in [2.45, 2.75) is 69.6 Å². The molecule has 0 aliphatic heterocycles. The van der Waals surface area contributed by atoms with Crippen molar-refractivity contribution in [1.82, 2.24) is 0 Å². The first-order valence-corrected chi connectivity index (χ1v) is 10.3. The smallest absolute Gasteiger partial charge is 0.328 e. The lowest BCUT2D eigenvalue weighted by molar-refractivity contribution is -0.131. The molecule has 28 heavy (non-hydrogen) atoms. The largest absolute Gasteiger partial charge is 0.478 e. The second-order valence-corrected chi connectivity index (χ2v) is 9.91. The van der Waals surface area contributed by atoms with Gasteiger partial charge >= 0.3 is 5.97 Å². The van der Waals surface area contributed by atoms with E-state index in [1.54, 1.807) is 6.08 Å². The van der Waals surface area contributed by atoms with Crippen LogP contribution >= 0.6 is 0 Å². The van der Waals surface area contributed by atoms with Crippen molar-refractivity contribution in [3.05, 3.63) is 76.4 Å². The Balaban J connectivity index is 1.76. The maximum atomic E-state index is 10.9. The Morgan fingerprint density at radius 3 is 2.14 bits per heavy atom. The molecule has 1 N–H and O–H groups in total. The van der Waals surface area contributed by atoms with Crippen LogP contribution in [0.1, 0.15) is 81.2 Å². The molecule has 0 unspecified atom stereocenters. The molecule has 2 aromatic rings. The summed E-state index contributed by atoms with van der Waals surface area (Å²) in [7, 11) is 0. The minimum atomic E-state index is -0.911. The first kappa shape index (κ1) is 19.0. The minimum absolute atomic E-state index is 0.0831. The predicted octanol–water partition coefficient (Wildman–Crippen LogP) is 6.21. The van der Waals surface area contributed by atoms with Crippen molar-refractivity contribution in [1.29, 1.82) is 0 Å². The van der Waals surface area contributed by atoms with Crippen molar-refractivity contribution < 1.29 is 9.90 Å². The fraction of sp³-hybridized carbons (Fsp3) is 0.423. The van der Waals surface area contributed by atoms with Crippen LogP contribution in [0.3, 0.4) is 0 Å². The summed E-state index contributed by atoms with van der Waals surface area (Å²) in [6.45, 7) is 9.49. The first-order valence-electron chi connectivity index (χ1n) is 10.3. The lowest BCUT2D eigenvalue weighted by Gasteiger charge is -2.42. The maximum absolute atomic E-state index is 10.9. The van der Waals surface area contributed by atoms with E-state index in [0.29, 0.717) is 0 Å². The van der Waals surface area contributed by atoms with E-state index in [0.717, 1.165) is 18.4 Å². The van der Waals surface area contributed by atoms with Crippen LogP contribution in [0.5, 0.6) is 0 Å². The second-order valence-electron chi connectivity index (χ2n) is 9.91.